The molecule has 0 fully saturated rings. The summed E-state index contributed by atoms with van der Waals surface area (Å²) in [4.78, 5) is 17.1. The van der Waals surface area contributed by atoms with Gasteiger partial charge in [0.15, 0.2) is 6.10 Å². The second-order valence-electron chi connectivity index (χ2n) is 6.22. The number of hydrogen-bond donors (Lipinski definition) is 1. The maximum atomic E-state index is 13.3. The molecule has 5 nitrogen and oxygen atoms in total. The van der Waals surface area contributed by atoms with Crippen molar-refractivity contribution in [2.24, 2.45) is 7.05 Å². The lowest BCUT2D eigenvalue weighted by Crippen LogP contribution is -2.39. The van der Waals surface area contributed by atoms with Gasteiger partial charge in [-0.2, -0.15) is 0 Å². The van der Waals surface area contributed by atoms with Crippen LogP contribution in [0, 0.1) is 5.82 Å². The highest BCUT2D eigenvalue weighted by atomic mass is 35.5. The molecule has 3 aromatic rings. The van der Waals surface area contributed by atoms with Crippen LogP contribution in [0.3, 0.4) is 0 Å². The Bertz CT molecular complexity index is 976. The molecule has 146 valence electrons. The van der Waals surface area contributed by atoms with Crippen LogP contribution >= 0.6 is 23.2 Å². The van der Waals surface area contributed by atoms with Gasteiger partial charge in [-0.25, -0.2) is 9.37 Å². The molecule has 1 amide bonds. The SMILES string of the molecule is C[C@@H](Oc1ccc(Cl)cc1Cl)C(=O)N[C@@H](c1ccc(F)cc1)c1nccn1C. The molecule has 8 heteroatoms. The quantitative estimate of drug-likeness (QED) is 0.635. The predicted octanol–water partition coefficient (Wildman–Crippen LogP) is 4.54. The first-order valence-electron chi connectivity index (χ1n) is 8.50. The molecular weight excluding hydrogens is 404 g/mol. The van der Waals surface area contributed by atoms with Crippen LogP contribution in [0.5, 0.6) is 5.75 Å². The minimum absolute atomic E-state index is 0.311. The van der Waals surface area contributed by atoms with Crippen molar-refractivity contribution >= 4 is 29.1 Å². The van der Waals surface area contributed by atoms with Gasteiger partial charge in [-0.15, -0.1) is 0 Å². The van der Waals surface area contributed by atoms with E-state index in [0.29, 0.717) is 27.2 Å². The summed E-state index contributed by atoms with van der Waals surface area (Å²) in [6.45, 7) is 1.61. The smallest absolute Gasteiger partial charge is 0.261 e. The molecule has 1 N–H and O–H groups in total. The molecule has 0 unspecified atom stereocenters. The molecule has 0 saturated heterocycles. The first kappa shape index (κ1) is 20.2. The van der Waals surface area contributed by atoms with E-state index in [9.17, 15) is 9.18 Å². The molecule has 0 radical (unpaired) electrons. The summed E-state index contributed by atoms with van der Waals surface area (Å²) >= 11 is 12.0. The second kappa shape index (κ2) is 8.63. The predicted molar refractivity (Wildman–Crippen MR) is 106 cm³/mol. The zero-order chi connectivity index (χ0) is 20.3. The molecule has 0 aliphatic carbocycles. The third-order valence-electron chi connectivity index (χ3n) is 4.17. The van der Waals surface area contributed by atoms with Gasteiger partial charge in [0.1, 0.15) is 23.4 Å². The van der Waals surface area contributed by atoms with Gasteiger partial charge < -0.3 is 14.6 Å². The van der Waals surface area contributed by atoms with Crippen molar-refractivity contribution in [3.05, 3.63) is 82.1 Å². The van der Waals surface area contributed by atoms with Crippen LogP contribution in [-0.2, 0) is 11.8 Å². The summed E-state index contributed by atoms with van der Waals surface area (Å²) in [5.41, 5.74) is 0.695. The van der Waals surface area contributed by atoms with Crippen LogP contribution in [0.15, 0.2) is 54.9 Å². The van der Waals surface area contributed by atoms with Crippen LogP contribution in [0.25, 0.3) is 0 Å². The maximum absolute atomic E-state index is 13.3. The number of nitrogens with one attached hydrogen (secondary N) is 1. The van der Waals surface area contributed by atoms with E-state index in [1.54, 1.807) is 48.1 Å². The second-order valence-corrected chi connectivity index (χ2v) is 7.07. The summed E-state index contributed by atoms with van der Waals surface area (Å²) < 4.78 is 20.8. The zero-order valence-electron chi connectivity index (χ0n) is 15.2. The lowest BCUT2D eigenvalue weighted by Gasteiger charge is -2.22. The molecule has 2 atom stereocenters. The number of carbonyl (C=O) groups is 1. The van der Waals surface area contributed by atoms with Crippen molar-refractivity contribution < 1.29 is 13.9 Å². The van der Waals surface area contributed by atoms with E-state index in [2.05, 4.69) is 10.3 Å². The minimum Gasteiger partial charge on any atom is -0.479 e. The van der Waals surface area contributed by atoms with Crippen LogP contribution in [0.2, 0.25) is 10.0 Å². The number of amides is 1. The third kappa shape index (κ3) is 4.64. The lowest BCUT2D eigenvalue weighted by atomic mass is 10.1. The van der Waals surface area contributed by atoms with Crippen molar-refractivity contribution in [1.82, 2.24) is 14.9 Å². The Morgan fingerprint density at radius 1 is 1.21 bits per heavy atom. The average Bonchev–Trinajstić information content (AvgIpc) is 3.08. The van der Waals surface area contributed by atoms with Gasteiger partial charge in [0.05, 0.1) is 5.02 Å². The van der Waals surface area contributed by atoms with Crippen LogP contribution in [0.4, 0.5) is 4.39 Å². The number of halogens is 3. The largest absolute Gasteiger partial charge is 0.479 e. The Morgan fingerprint density at radius 2 is 1.93 bits per heavy atom. The fourth-order valence-corrected chi connectivity index (χ4v) is 3.13. The zero-order valence-corrected chi connectivity index (χ0v) is 16.7. The van der Waals surface area contributed by atoms with Gasteiger partial charge in [0.2, 0.25) is 0 Å². The van der Waals surface area contributed by atoms with Crippen molar-refractivity contribution in [3.63, 3.8) is 0 Å². The summed E-state index contributed by atoms with van der Waals surface area (Å²) in [5, 5.41) is 3.69. The molecule has 0 aliphatic heterocycles. The van der Waals surface area contributed by atoms with Gasteiger partial charge in [0.25, 0.3) is 5.91 Å². The fraction of sp³-hybridized carbons (Fsp3) is 0.200. The van der Waals surface area contributed by atoms with E-state index in [0.717, 1.165) is 0 Å². The molecule has 0 spiro atoms. The van der Waals surface area contributed by atoms with Crippen LogP contribution in [-0.4, -0.2) is 21.6 Å². The molecule has 0 bridgehead atoms. The molecule has 1 aromatic heterocycles. The average molecular weight is 422 g/mol. The highest BCUT2D eigenvalue weighted by Gasteiger charge is 2.25. The van der Waals surface area contributed by atoms with Gasteiger partial charge >= 0.3 is 0 Å². The lowest BCUT2D eigenvalue weighted by molar-refractivity contribution is -0.127. The van der Waals surface area contributed by atoms with Gasteiger partial charge in [-0.05, 0) is 42.8 Å². The van der Waals surface area contributed by atoms with E-state index in [4.69, 9.17) is 27.9 Å². The Balaban J connectivity index is 1.80. The van der Waals surface area contributed by atoms with Crippen LogP contribution in [0.1, 0.15) is 24.4 Å². The van der Waals surface area contributed by atoms with E-state index in [-0.39, 0.29) is 11.7 Å². The molecule has 2 aromatic carbocycles. The number of imidazole rings is 1. The van der Waals surface area contributed by atoms with E-state index >= 15 is 0 Å². The highest BCUT2D eigenvalue weighted by Crippen LogP contribution is 2.28. The molecular formula is C20H18Cl2FN3O2. The topological polar surface area (TPSA) is 56.1 Å². The molecule has 3 rings (SSSR count). The molecule has 0 saturated carbocycles. The summed E-state index contributed by atoms with van der Waals surface area (Å²) in [6.07, 6.45) is 2.57. The number of hydrogen-bond acceptors (Lipinski definition) is 3. The Hall–Kier alpha value is -2.57. The van der Waals surface area contributed by atoms with Gasteiger partial charge in [-0.1, -0.05) is 35.3 Å². The van der Waals surface area contributed by atoms with Crippen molar-refractivity contribution in [2.45, 2.75) is 19.1 Å². The van der Waals surface area contributed by atoms with Gasteiger partial charge in [-0.3, -0.25) is 4.79 Å². The number of carbonyl (C=O) groups excluding carboxylic acids is 1. The van der Waals surface area contributed by atoms with Crippen LogP contribution < -0.4 is 10.1 Å². The normalized spacial score (nSPS) is 13.0. The highest BCUT2D eigenvalue weighted by molar-refractivity contribution is 6.35. The molecule has 1 heterocycles. The van der Waals surface area contributed by atoms with E-state index < -0.39 is 12.1 Å². The van der Waals surface area contributed by atoms with Crippen molar-refractivity contribution in [2.75, 3.05) is 0 Å². The number of rotatable bonds is 6. The molecule has 0 aliphatic rings. The summed E-state index contributed by atoms with van der Waals surface area (Å²) in [5.74, 6) is 0.229. The Labute approximate surface area is 172 Å². The fourth-order valence-electron chi connectivity index (χ4n) is 2.68. The number of benzene rings is 2. The number of ether oxygens (including phenoxy) is 1. The van der Waals surface area contributed by atoms with Gasteiger partial charge in [0, 0.05) is 24.5 Å². The standard InChI is InChI=1S/C20H18Cl2FN3O2/c1-12(28-17-8-5-14(21)11-16(17)22)20(27)25-18(19-24-9-10-26(19)2)13-3-6-15(23)7-4-13/h3-12,18H,1-2H3,(H,25,27)/t12-,18+/m1/s1. The Morgan fingerprint density at radius 3 is 2.54 bits per heavy atom. The van der Waals surface area contributed by atoms with Crippen molar-refractivity contribution in [3.8, 4) is 5.75 Å². The van der Waals surface area contributed by atoms with Crippen molar-refractivity contribution in [1.29, 1.82) is 0 Å². The number of nitrogens with zero attached hydrogens (tertiary/aromatic N) is 2. The summed E-state index contributed by atoms with van der Waals surface area (Å²) in [6, 6.07) is 10.1. The molecule has 28 heavy (non-hydrogen) atoms. The van der Waals surface area contributed by atoms with E-state index in [1.807, 2.05) is 7.05 Å². The third-order valence-corrected chi connectivity index (χ3v) is 4.70. The van der Waals surface area contributed by atoms with E-state index in [1.165, 1.54) is 18.2 Å². The number of aryl methyl sites for hydroxylation is 1. The monoisotopic (exact) mass is 421 g/mol. The first-order valence-corrected chi connectivity index (χ1v) is 9.25. The minimum atomic E-state index is -0.832. The number of aromatic nitrogens is 2. The Kier molecular flexibility index (Phi) is 6.21. The summed E-state index contributed by atoms with van der Waals surface area (Å²) in [7, 11) is 1.82. The first-order chi connectivity index (χ1) is 13.3. The maximum Gasteiger partial charge on any atom is 0.261 e.